The molecule has 0 fully saturated rings. The van der Waals surface area contributed by atoms with Crippen LogP contribution in [0.5, 0.6) is 5.75 Å². The maximum atomic E-state index is 12.4. The van der Waals surface area contributed by atoms with Crippen molar-refractivity contribution in [3.8, 4) is 5.75 Å². The number of carbonyl (C=O) groups is 2. The van der Waals surface area contributed by atoms with E-state index in [2.05, 4.69) is 10.6 Å². The lowest BCUT2D eigenvalue weighted by Gasteiger charge is -2.24. The Morgan fingerprint density at radius 3 is 2.21 bits per heavy atom. The summed E-state index contributed by atoms with van der Waals surface area (Å²) >= 11 is 0. The summed E-state index contributed by atoms with van der Waals surface area (Å²) in [5.41, 5.74) is 2.82. The van der Waals surface area contributed by atoms with Crippen LogP contribution in [0.4, 0.5) is 0 Å². The number of carbonyl (C=O) groups excluding carboxylic acids is 2. The van der Waals surface area contributed by atoms with E-state index < -0.39 is 0 Å². The summed E-state index contributed by atoms with van der Waals surface area (Å²) in [7, 11) is 5.17. The minimum atomic E-state index is -0.255. The second-order valence-corrected chi connectivity index (χ2v) is 6.76. The number of amides is 2. The van der Waals surface area contributed by atoms with Crippen molar-refractivity contribution in [3.05, 3.63) is 65.2 Å². The summed E-state index contributed by atoms with van der Waals surface area (Å²) in [6, 6.07) is 15.0. The van der Waals surface area contributed by atoms with Gasteiger partial charge in [-0.25, -0.2) is 0 Å². The van der Waals surface area contributed by atoms with Gasteiger partial charge in [-0.1, -0.05) is 24.3 Å². The second-order valence-electron chi connectivity index (χ2n) is 6.76. The van der Waals surface area contributed by atoms with E-state index in [1.807, 2.05) is 55.3 Å². The van der Waals surface area contributed by atoms with Gasteiger partial charge in [0.05, 0.1) is 13.2 Å². The maximum absolute atomic E-state index is 12.4. The molecule has 150 valence electrons. The van der Waals surface area contributed by atoms with Crippen molar-refractivity contribution in [2.45, 2.75) is 25.9 Å². The summed E-state index contributed by atoms with van der Waals surface area (Å²) < 4.78 is 5.15. The zero-order valence-corrected chi connectivity index (χ0v) is 17.0. The summed E-state index contributed by atoms with van der Waals surface area (Å²) in [5.74, 6) is 0.717. The van der Waals surface area contributed by atoms with Gasteiger partial charge < -0.3 is 15.4 Å². The molecule has 0 bridgehead atoms. The molecule has 6 nitrogen and oxygen atoms in total. The number of methoxy groups -OCH3 is 1. The molecule has 0 saturated carbocycles. The SMILES string of the molecule is CNC(=O)c1ccc(CN(C)C(C)C(=O)NCCc2ccc(OC)cc2)cc1. The Hall–Kier alpha value is -2.86. The van der Waals surface area contributed by atoms with E-state index in [-0.39, 0.29) is 17.9 Å². The van der Waals surface area contributed by atoms with Crippen molar-refractivity contribution in [2.75, 3.05) is 27.7 Å². The van der Waals surface area contributed by atoms with Gasteiger partial charge in [0.1, 0.15) is 5.75 Å². The molecule has 28 heavy (non-hydrogen) atoms. The van der Waals surface area contributed by atoms with Gasteiger partial charge in [0.2, 0.25) is 5.91 Å². The van der Waals surface area contributed by atoms with Gasteiger partial charge >= 0.3 is 0 Å². The van der Waals surface area contributed by atoms with Crippen LogP contribution in [0.3, 0.4) is 0 Å². The van der Waals surface area contributed by atoms with Gasteiger partial charge in [0.25, 0.3) is 5.91 Å². The Kier molecular flexibility index (Phi) is 8.02. The Bertz CT molecular complexity index is 773. The topological polar surface area (TPSA) is 70.7 Å². The molecular formula is C22H29N3O3. The van der Waals surface area contributed by atoms with Gasteiger partial charge in [-0.2, -0.15) is 0 Å². The molecule has 1 unspecified atom stereocenters. The zero-order valence-electron chi connectivity index (χ0n) is 17.0. The summed E-state index contributed by atoms with van der Waals surface area (Å²) in [5, 5.41) is 5.60. The molecule has 0 aliphatic heterocycles. The normalized spacial score (nSPS) is 11.8. The van der Waals surface area contributed by atoms with Crippen LogP contribution >= 0.6 is 0 Å². The average Bonchev–Trinajstić information content (AvgIpc) is 2.73. The van der Waals surface area contributed by atoms with Crippen LogP contribution in [0.15, 0.2) is 48.5 Å². The highest BCUT2D eigenvalue weighted by Gasteiger charge is 2.17. The monoisotopic (exact) mass is 383 g/mol. The number of nitrogens with one attached hydrogen (secondary N) is 2. The van der Waals surface area contributed by atoms with E-state index in [1.54, 1.807) is 26.3 Å². The minimum Gasteiger partial charge on any atom is -0.497 e. The number of hydrogen-bond acceptors (Lipinski definition) is 4. The molecule has 2 N–H and O–H groups in total. The fourth-order valence-electron chi connectivity index (χ4n) is 2.80. The molecule has 0 heterocycles. The van der Waals surface area contributed by atoms with Crippen molar-refractivity contribution < 1.29 is 14.3 Å². The molecule has 0 aliphatic rings. The molecule has 0 aromatic heterocycles. The molecule has 0 saturated heterocycles. The first-order valence-electron chi connectivity index (χ1n) is 9.36. The lowest BCUT2D eigenvalue weighted by atomic mass is 10.1. The molecule has 0 radical (unpaired) electrons. The van der Waals surface area contributed by atoms with Crippen molar-refractivity contribution in [3.63, 3.8) is 0 Å². The third-order valence-electron chi connectivity index (χ3n) is 4.79. The third-order valence-corrected chi connectivity index (χ3v) is 4.79. The lowest BCUT2D eigenvalue weighted by Crippen LogP contribution is -2.43. The van der Waals surface area contributed by atoms with E-state index in [9.17, 15) is 9.59 Å². The minimum absolute atomic E-state index is 0.00186. The van der Waals surface area contributed by atoms with Crippen molar-refractivity contribution in [1.29, 1.82) is 0 Å². The van der Waals surface area contributed by atoms with Crippen molar-refractivity contribution >= 4 is 11.8 Å². The van der Waals surface area contributed by atoms with Crippen LogP contribution in [0.25, 0.3) is 0 Å². The van der Waals surface area contributed by atoms with Crippen molar-refractivity contribution in [1.82, 2.24) is 15.5 Å². The summed E-state index contributed by atoms with van der Waals surface area (Å²) in [6.45, 7) is 3.10. The summed E-state index contributed by atoms with van der Waals surface area (Å²) in [6.07, 6.45) is 0.771. The fourth-order valence-corrected chi connectivity index (χ4v) is 2.80. The van der Waals surface area contributed by atoms with Crippen LogP contribution in [0.2, 0.25) is 0 Å². The predicted molar refractivity (Wildman–Crippen MR) is 110 cm³/mol. The lowest BCUT2D eigenvalue weighted by molar-refractivity contribution is -0.125. The number of benzene rings is 2. The largest absolute Gasteiger partial charge is 0.497 e. The maximum Gasteiger partial charge on any atom is 0.251 e. The van der Waals surface area contributed by atoms with E-state index in [0.717, 1.165) is 23.3 Å². The Labute approximate surface area is 166 Å². The van der Waals surface area contributed by atoms with Crippen LogP contribution in [0, 0.1) is 0 Å². The van der Waals surface area contributed by atoms with E-state index in [1.165, 1.54) is 0 Å². The molecule has 2 aromatic rings. The Morgan fingerprint density at radius 2 is 1.64 bits per heavy atom. The first kappa shape index (κ1) is 21.4. The number of ether oxygens (including phenoxy) is 1. The molecule has 1 atom stereocenters. The number of nitrogens with zero attached hydrogens (tertiary/aromatic N) is 1. The van der Waals surface area contributed by atoms with E-state index in [0.29, 0.717) is 18.7 Å². The molecule has 2 amide bonds. The zero-order chi connectivity index (χ0) is 20.5. The molecule has 2 rings (SSSR count). The Balaban J connectivity index is 1.80. The quantitative estimate of drug-likeness (QED) is 0.697. The highest BCUT2D eigenvalue weighted by atomic mass is 16.5. The van der Waals surface area contributed by atoms with E-state index >= 15 is 0 Å². The standard InChI is InChI=1S/C22H29N3O3/c1-16(21(26)24-14-13-17-7-11-20(28-4)12-8-17)25(3)15-18-5-9-19(10-6-18)22(27)23-2/h5-12,16H,13-15H2,1-4H3,(H,23,27)(H,24,26). The number of likely N-dealkylation sites (N-methyl/N-ethyl adjacent to an activating group) is 1. The molecule has 2 aromatic carbocycles. The first-order chi connectivity index (χ1) is 13.4. The number of hydrogen-bond donors (Lipinski definition) is 2. The van der Waals surface area contributed by atoms with Crippen LogP contribution in [0.1, 0.15) is 28.4 Å². The first-order valence-corrected chi connectivity index (χ1v) is 9.36. The van der Waals surface area contributed by atoms with E-state index in [4.69, 9.17) is 4.74 Å². The van der Waals surface area contributed by atoms with Crippen LogP contribution < -0.4 is 15.4 Å². The van der Waals surface area contributed by atoms with Gasteiger partial charge in [0.15, 0.2) is 0 Å². The predicted octanol–water partition coefficient (Wildman–Crippen LogP) is 2.23. The second kappa shape index (κ2) is 10.5. The molecule has 0 aliphatic carbocycles. The highest BCUT2D eigenvalue weighted by molar-refractivity contribution is 5.93. The van der Waals surface area contributed by atoms with Gasteiger partial charge in [-0.3, -0.25) is 14.5 Å². The smallest absolute Gasteiger partial charge is 0.251 e. The van der Waals surface area contributed by atoms with Crippen LogP contribution in [-0.2, 0) is 17.8 Å². The highest BCUT2D eigenvalue weighted by Crippen LogP contribution is 2.12. The molecule has 0 spiro atoms. The third kappa shape index (κ3) is 6.09. The number of rotatable bonds is 9. The molecule has 6 heteroatoms. The fraction of sp³-hybridized carbons (Fsp3) is 0.364. The van der Waals surface area contributed by atoms with Gasteiger partial charge in [0, 0.05) is 25.7 Å². The molecular weight excluding hydrogens is 354 g/mol. The van der Waals surface area contributed by atoms with Crippen molar-refractivity contribution in [2.24, 2.45) is 0 Å². The average molecular weight is 383 g/mol. The summed E-state index contributed by atoms with van der Waals surface area (Å²) in [4.78, 5) is 26.0. The Morgan fingerprint density at radius 1 is 1.04 bits per heavy atom. The van der Waals surface area contributed by atoms with Gasteiger partial charge in [-0.15, -0.1) is 0 Å². The van der Waals surface area contributed by atoms with Crippen LogP contribution in [-0.4, -0.2) is 50.5 Å². The van der Waals surface area contributed by atoms with Gasteiger partial charge in [-0.05, 0) is 55.8 Å².